The molecule has 1 atom stereocenters. The minimum atomic E-state index is 0.467. The number of hydrogen-bond donors (Lipinski definition) is 1. The van der Waals surface area contributed by atoms with E-state index >= 15 is 0 Å². The van der Waals surface area contributed by atoms with Crippen LogP contribution in [0.5, 0.6) is 0 Å². The zero-order valence-electron chi connectivity index (χ0n) is 10.5. The second kappa shape index (κ2) is 6.35. The number of aromatic nitrogens is 3. The standard InChI is InChI=1S/C11H21BrN4/c1-8(2)7-13-6-5-9(3)10-11(12)14-15-16(10)4/h8-9,13H,5-7H2,1-4H3. The maximum absolute atomic E-state index is 4.00. The zero-order valence-corrected chi connectivity index (χ0v) is 12.1. The summed E-state index contributed by atoms with van der Waals surface area (Å²) in [4.78, 5) is 0. The third-order valence-corrected chi connectivity index (χ3v) is 3.17. The third-order valence-electron chi connectivity index (χ3n) is 2.60. The van der Waals surface area contributed by atoms with E-state index in [-0.39, 0.29) is 0 Å². The van der Waals surface area contributed by atoms with E-state index in [4.69, 9.17) is 0 Å². The number of halogens is 1. The van der Waals surface area contributed by atoms with Crippen molar-refractivity contribution in [3.8, 4) is 0 Å². The maximum Gasteiger partial charge on any atom is 0.151 e. The Bertz CT molecular complexity index is 302. The van der Waals surface area contributed by atoms with Crippen molar-refractivity contribution in [2.45, 2.75) is 33.1 Å². The van der Waals surface area contributed by atoms with E-state index in [0.717, 1.165) is 24.1 Å². The van der Waals surface area contributed by atoms with E-state index in [1.807, 2.05) is 11.7 Å². The first-order valence-electron chi connectivity index (χ1n) is 5.78. The topological polar surface area (TPSA) is 42.7 Å². The molecule has 92 valence electrons. The van der Waals surface area contributed by atoms with Crippen molar-refractivity contribution in [1.82, 2.24) is 20.3 Å². The van der Waals surface area contributed by atoms with Crippen LogP contribution in [0.4, 0.5) is 0 Å². The molecule has 16 heavy (non-hydrogen) atoms. The van der Waals surface area contributed by atoms with E-state index < -0.39 is 0 Å². The summed E-state index contributed by atoms with van der Waals surface area (Å²) in [5.74, 6) is 1.18. The highest BCUT2D eigenvalue weighted by Gasteiger charge is 2.15. The van der Waals surface area contributed by atoms with Crippen molar-refractivity contribution in [3.63, 3.8) is 0 Å². The fourth-order valence-corrected chi connectivity index (χ4v) is 2.43. The van der Waals surface area contributed by atoms with Gasteiger partial charge >= 0.3 is 0 Å². The molecule has 1 aromatic rings. The van der Waals surface area contributed by atoms with Gasteiger partial charge in [-0.1, -0.05) is 26.0 Å². The molecule has 0 aliphatic heterocycles. The van der Waals surface area contributed by atoms with Gasteiger partial charge in [-0.15, -0.1) is 5.10 Å². The van der Waals surface area contributed by atoms with E-state index in [9.17, 15) is 0 Å². The summed E-state index contributed by atoms with van der Waals surface area (Å²) in [5.41, 5.74) is 1.17. The predicted octanol–water partition coefficient (Wildman–Crippen LogP) is 2.32. The highest BCUT2D eigenvalue weighted by molar-refractivity contribution is 9.10. The molecule has 1 rings (SSSR count). The van der Waals surface area contributed by atoms with Crippen LogP contribution in [0.15, 0.2) is 4.60 Å². The summed E-state index contributed by atoms with van der Waals surface area (Å²) in [6.07, 6.45) is 1.10. The molecule has 1 unspecified atom stereocenters. The van der Waals surface area contributed by atoms with Crippen molar-refractivity contribution in [2.24, 2.45) is 13.0 Å². The molecule has 0 spiro atoms. The van der Waals surface area contributed by atoms with Gasteiger partial charge in [0.2, 0.25) is 0 Å². The van der Waals surface area contributed by atoms with Gasteiger partial charge < -0.3 is 5.32 Å². The van der Waals surface area contributed by atoms with Crippen LogP contribution in [0.2, 0.25) is 0 Å². The van der Waals surface area contributed by atoms with Crippen LogP contribution < -0.4 is 5.32 Å². The van der Waals surface area contributed by atoms with Gasteiger partial charge in [0, 0.05) is 13.0 Å². The Hall–Kier alpha value is -0.420. The smallest absolute Gasteiger partial charge is 0.151 e. The number of aryl methyl sites for hydroxylation is 1. The van der Waals surface area contributed by atoms with E-state index in [1.54, 1.807) is 0 Å². The lowest BCUT2D eigenvalue weighted by Crippen LogP contribution is -2.22. The van der Waals surface area contributed by atoms with E-state index in [1.165, 1.54) is 5.69 Å². The second-order valence-electron chi connectivity index (χ2n) is 4.68. The molecule has 4 nitrogen and oxygen atoms in total. The van der Waals surface area contributed by atoms with Crippen LogP contribution in [0.3, 0.4) is 0 Å². The van der Waals surface area contributed by atoms with Crippen molar-refractivity contribution in [2.75, 3.05) is 13.1 Å². The van der Waals surface area contributed by atoms with Crippen molar-refractivity contribution in [3.05, 3.63) is 10.3 Å². The third kappa shape index (κ3) is 3.87. The largest absolute Gasteiger partial charge is 0.316 e. The first kappa shape index (κ1) is 13.6. The molecule has 1 N–H and O–H groups in total. The van der Waals surface area contributed by atoms with Crippen molar-refractivity contribution < 1.29 is 0 Å². The molecule has 1 aromatic heterocycles. The SMILES string of the molecule is CC(C)CNCCC(C)c1c(Br)nnn1C. The van der Waals surface area contributed by atoms with Crippen LogP contribution in [0, 0.1) is 5.92 Å². The molecule has 0 aliphatic carbocycles. The molecule has 0 aliphatic rings. The van der Waals surface area contributed by atoms with E-state index in [2.05, 4.69) is 52.3 Å². The minimum Gasteiger partial charge on any atom is -0.316 e. The second-order valence-corrected chi connectivity index (χ2v) is 5.43. The minimum absolute atomic E-state index is 0.467. The number of hydrogen-bond acceptors (Lipinski definition) is 3. The first-order chi connectivity index (χ1) is 7.52. The molecule has 0 aromatic carbocycles. The first-order valence-corrected chi connectivity index (χ1v) is 6.57. The summed E-state index contributed by atoms with van der Waals surface area (Å²) >= 11 is 3.44. The normalized spacial score (nSPS) is 13.4. The van der Waals surface area contributed by atoms with Crippen LogP contribution in [-0.2, 0) is 7.05 Å². The van der Waals surface area contributed by atoms with Crippen LogP contribution >= 0.6 is 15.9 Å². The molecule has 1 heterocycles. The lowest BCUT2D eigenvalue weighted by atomic mass is 10.0. The molecule has 0 saturated carbocycles. The highest BCUT2D eigenvalue weighted by Crippen LogP contribution is 2.23. The van der Waals surface area contributed by atoms with Crippen LogP contribution in [-0.4, -0.2) is 28.1 Å². The summed E-state index contributed by atoms with van der Waals surface area (Å²) < 4.78 is 2.71. The van der Waals surface area contributed by atoms with Crippen molar-refractivity contribution >= 4 is 15.9 Å². The Morgan fingerprint density at radius 2 is 2.06 bits per heavy atom. The van der Waals surface area contributed by atoms with Crippen LogP contribution in [0.25, 0.3) is 0 Å². The predicted molar refractivity (Wildman–Crippen MR) is 69.4 cm³/mol. The van der Waals surface area contributed by atoms with E-state index in [0.29, 0.717) is 11.8 Å². The van der Waals surface area contributed by atoms with Gasteiger partial charge in [-0.2, -0.15) is 0 Å². The molecular weight excluding hydrogens is 268 g/mol. The number of nitrogens with zero attached hydrogens (tertiary/aromatic N) is 3. The van der Waals surface area contributed by atoms with Gasteiger partial charge in [0.25, 0.3) is 0 Å². The Morgan fingerprint density at radius 1 is 1.38 bits per heavy atom. The fraction of sp³-hybridized carbons (Fsp3) is 0.818. The average molecular weight is 289 g/mol. The summed E-state index contributed by atoms with van der Waals surface area (Å²) in [6.45, 7) is 8.77. The van der Waals surface area contributed by atoms with Gasteiger partial charge in [-0.05, 0) is 41.4 Å². The Labute approximate surface area is 106 Å². The molecular formula is C11H21BrN4. The fourth-order valence-electron chi connectivity index (χ4n) is 1.71. The van der Waals surface area contributed by atoms with Gasteiger partial charge in [-0.25, -0.2) is 0 Å². The zero-order chi connectivity index (χ0) is 12.1. The number of rotatable bonds is 6. The molecule has 0 saturated heterocycles. The Morgan fingerprint density at radius 3 is 2.56 bits per heavy atom. The Kier molecular flexibility index (Phi) is 5.41. The summed E-state index contributed by atoms with van der Waals surface area (Å²) in [6, 6.07) is 0. The molecule has 5 heteroatoms. The molecule has 0 fully saturated rings. The Balaban J connectivity index is 2.38. The molecule has 0 bridgehead atoms. The lowest BCUT2D eigenvalue weighted by Gasteiger charge is -2.13. The molecule has 0 amide bonds. The average Bonchev–Trinajstić information content (AvgIpc) is 2.53. The van der Waals surface area contributed by atoms with Gasteiger partial charge in [-0.3, -0.25) is 4.68 Å². The monoisotopic (exact) mass is 288 g/mol. The van der Waals surface area contributed by atoms with Gasteiger partial charge in [0.05, 0.1) is 5.69 Å². The molecule has 0 radical (unpaired) electrons. The van der Waals surface area contributed by atoms with Gasteiger partial charge in [0.1, 0.15) is 0 Å². The summed E-state index contributed by atoms with van der Waals surface area (Å²) in [7, 11) is 1.94. The number of nitrogens with one attached hydrogen (secondary N) is 1. The quantitative estimate of drug-likeness (QED) is 0.817. The van der Waals surface area contributed by atoms with Crippen LogP contribution in [0.1, 0.15) is 38.8 Å². The van der Waals surface area contributed by atoms with Gasteiger partial charge in [0.15, 0.2) is 4.60 Å². The summed E-state index contributed by atoms with van der Waals surface area (Å²) in [5, 5.41) is 11.4. The lowest BCUT2D eigenvalue weighted by molar-refractivity contribution is 0.512. The van der Waals surface area contributed by atoms with Crippen molar-refractivity contribution in [1.29, 1.82) is 0 Å². The highest BCUT2D eigenvalue weighted by atomic mass is 79.9. The maximum atomic E-state index is 4.00.